The minimum Gasteiger partial charge on any atom is -0.314 e. The quantitative estimate of drug-likeness (QED) is 0.736. The molecule has 86 valence electrons. The lowest BCUT2D eigenvalue weighted by Gasteiger charge is -2.15. The van der Waals surface area contributed by atoms with Crippen molar-refractivity contribution in [2.75, 3.05) is 6.54 Å². The monoisotopic (exact) mass is 226 g/mol. The lowest BCUT2D eigenvalue weighted by molar-refractivity contribution is 0.455. The van der Waals surface area contributed by atoms with Crippen molar-refractivity contribution < 1.29 is 0 Å². The summed E-state index contributed by atoms with van der Waals surface area (Å²) in [5, 5.41) is 6.92. The van der Waals surface area contributed by atoms with E-state index >= 15 is 0 Å². The third-order valence-corrected chi connectivity index (χ3v) is 3.44. The van der Waals surface area contributed by atoms with Crippen molar-refractivity contribution in [1.29, 1.82) is 0 Å². The molecule has 3 heteroatoms. The molecule has 0 aliphatic heterocycles. The van der Waals surface area contributed by atoms with Gasteiger partial charge in [-0.15, -0.1) is 11.3 Å². The number of hydrogen-bond donors (Lipinski definition) is 1. The van der Waals surface area contributed by atoms with E-state index in [-0.39, 0.29) is 0 Å². The Hall–Kier alpha value is -0.410. The van der Waals surface area contributed by atoms with Crippen LogP contribution in [0.3, 0.4) is 0 Å². The number of rotatable bonds is 8. The van der Waals surface area contributed by atoms with Crippen LogP contribution in [0, 0.1) is 0 Å². The Morgan fingerprint density at radius 1 is 1.47 bits per heavy atom. The van der Waals surface area contributed by atoms with Gasteiger partial charge in [-0.25, -0.2) is 4.98 Å². The maximum Gasteiger partial charge on any atom is 0.0924 e. The van der Waals surface area contributed by atoms with E-state index in [0.29, 0.717) is 6.04 Å². The fourth-order valence-electron chi connectivity index (χ4n) is 1.68. The summed E-state index contributed by atoms with van der Waals surface area (Å²) in [4.78, 5) is 4.30. The van der Waals surface area contributed by atoms with Gasteiger partial charge in [0.05, 0.1) is 5.01 Å². The minimum absolute atomic E-state index is 0.699. The molecule has 15 heavy (non-hydrogen) atoms. The van der Waals surface area contributed by atoms with Gasteiger partial charge in [0.1, 0.15) is 0 Å². The van der Waals surface area contributed by atoms with Gasteiger partial charge in [0.15, 0.2) is 0 Å². The summed E-state index contributed by atoms with van der Waals surface area (Å²) in [5.41, 5.74) is 0. The highest BCUT2D eigenvalue weighted by atomic mass is 32.1. The Balaban J connectivity index is 2.11. The van der Waals surface area contributed by atoms with Crippen LogP contribution in [0.15, 0.2) is 11.6 Å². The molecule has 1 unspecified atom stereocenters. The van der Waals surface area contributed by atoms with Gasteiger partial charge in [0.2, 0.25) is 0 Å². The molecular weight excluding hydrogens is 204 g/mol. The molecule has 1 atom stereocenters. The van der Waals surface area contributed by atoms with E-state index < -0.39 is 0 Å². The fraction of sp³-hybridized carbons (Fsp3) is 0.750. The Labute approximate surface area is 97.1 Å². The smallest absolute Gasteiger partial charge is 0.0924 e. The highest BCUT2D eigenvalue weighted by Crippen LogP contribution is 2.10. The maximum atomic E-state index is 4.30. The maximum absolute atomic E-state index is 4.30. The van der Waals surface area contributed by atoms with Crippen LogP contribution in [0.25, 0.3) is 0 Å². The van der Waals surface area contributed by atoms with Gasteiger partial charge < -0.3 is 5.32 Å². The van der Waals surface area contributed by atoms with Crippen molar-refractivity contribution in [3.63, 3.8) is 0 Å². The summed E-state index contributed by atoms with van der Waals surface area (Å²) < 4.78 is 0. The zero-order valence-corrected chi connectivity index (χ0v) is 10.6. The lowest BCUT2D eigenvalue weighted by atomic mass is 10.1. The Morgan fingerprint density at radius 3 is 2.93 bits per heavy atom. The van der Waals surface area contributed by atoms with Crippen LogP contribution in [0.4, 0.5) is 0 Å². The molecule has 0 fully saturated rings. The number of nitrogens with one attached hydrogen (secondary N) is 1. The van der Waals surface area contributed by atoms with Crippen molar-refractivity contribution in [2.45, 2.75) is 52.0 Å². The standard InChI is InChI=1S/C12H22N2S/c1-3-8-13-11(4-2)6-5-7-12-14-9-10-15-12/h9-11,13H,3-8H2,1-2H3. The first-order valence-electron chi connectivity index (χ1n) is 5.98. The predicted molar refractivity (Wildman–Crippen MR) is 67.4 cm³/mol. The molecule has 0 amide bonds. The molecule has 1 aromatic rings. The van der Waals surface area contributed by atoms with Gasteiger partial charge in [-0.3, -0.25) is 0 Å². The van der Waals surface area contributed by atoms with Crippen LogP contribution in [0.5, 0.6) is 0 Å². The van der Waals surface area contributed by atoms with Crippen LogP contribution >= 0.6 is 11.3 Å². The molecule has 0 aliphatic rings. The number of thiazole rings is 1. The summed E-state index contributed by atoms with van der Waals surface area (Å²) in [5.74, 6) is 0. The van der Waals surface area contributed by atoms with E-state index in [0.717, 1.165) is 13.0 Å². The van der Waals surface area contributed by atoms with Crippen molar-refractivity contribution in [3.8, 4) is 0 Å². The topological polar surface area (TPSA) is 24.9 Å². The SMILES string of the molecule is CCCNC(CC)CCCc1nccs1. The Bertz CT molecular complexity index is 234. The molecule has 0 aliphatic carbocycles. The number of aryl methyl sites for hydroxylation is 1. The second-order valence-corrected chi connectivity index (χ2v) is 4.86. The zero-order chi connectivity index (χ0) is 10.9. The van der Waals surface area contributed by atoms with Crippen molar-refractivity contribution in [1.82, 2.24) is 10.3 Å². The van der Waals surface area contributed by atoms with Crippen LogP contribution in [0.2, 0.25) is 0 Å². The van der Waals surface area contributed by atoms with Crippen molar-refractivity contribution in [3.05, 3.63) is 16.6 Å². The highest BCUT2D eigenvalue weighted by Gasteiger charge is 2.04. The first-order valence-corrected chi connectivity index (χ1v) is 6.86. The van der Waals surface area contributed by atoms with Crippen molar-refractivity contribution >= 4 is 11.3 Å². The highest BCUT2D eigenvalue weighted by molar-refractivity contribution is 7.09. The summed E-state index contributed by atoms with van der Waals surface area (Å²) in [6, 6.07) is 0.699. The number of hydrogen-bond acceptors (Lipinski definition) is 3. The van der Waals surface area contributed by atoms with Gasteiger partial charge in [0, 0.05) is 17.6 Å². The lowest BCUT2D eigenvalue weighted by Crippen LogP contribution is -2.29. The van der Waals surface area contributed by atoms with E-state index in [1.807, 2.05) is 6.20 Å². The molecule has 0 aromatic carbocycles. The second kappa shape index (κ2) is 7.83. The predicted octanol–water partition coefficient (Wildman–Crippen LogP) is 3.24. The Kier molecular flexibility index (Phi) is 6.60. The van der Waals surface area contributed by atoms with Crippen LogP contribution < -0.4 is 5.32 Å². The van der Waals surface area contributed by atoms with Crippen LogP contribution in [-0.4, -0.2) is 17.6 Å². The van der Waals surface area contributed by atoms with Gasteiger partial charge in [-0.2, -0.15) is 0 Å². The molecule has 0 radical (unpaired) electrons. The molecule has 0 saturated carbocycles. The third kappa shape index (κ3) is 5.28. The summed E-state index contributed by atoms with van der Waals surface area (Å²) in [6.45, 7) is 5.63. The summed E-state index contributed by atoms with van der Waals surface area (Å²) in [7, 11) is 0. The molecule has 0 spiro atoms. The van der Waals surface area contributed by atoms with E-state index in [1.165, 1.54) is 30.7 Å². The average molecular weight is 226 g/mol. The molecule has 1 N–H and O–H groups in total. The van der Waals surface area contributed by atoms with Crippen molar-refractivity contribution in [2.24, 2.45) is 0 Å². The Morgan fingerprint density at radius 2 is 2.33 bits per heavy atom. The first kappa shape index (κ1) is 12.7. The molecule has 0 saturated heterocycles. The van der Waals surface area contributed by atoms with E-state index in [2.05, 4.69) is 29.5 Å². The average Bonchev–Trinajstić information content (AvgIpc) is 2.76. The van der Waals surface area contributed by atoms with E-state index in [4.69, 9.17) is 0 Å². The van der Waals surface area contributed by atoms with Crippen LogP contribution in [-0.2, 0) is 6.42 Å². The molecule has 1 aromatic heterocycles. The largest absolute Gasteiger partial charge is 0.314 e. The molecular formula is C12H22N2S. The summed E-state index contributed by atoms with van der Waals surface area (Å²) >= 11 is 1.77. The normalized spacial score (nSPS) is 12.9. The molecule has 0 bridgehead atoms. The van der Waals surface area contributed by atoms with Gasteiger partial charge in [0.25, 0.3) is 0 Å². The summed E-state index contributed by atoms with van der Waals surface area (Å²) in [6.07, 6.45) is 8.02. The molecule has 1 heterocycles. The van der Waals surface area contributed by atoms with Gasteiger partial charge in [-0.05, 0) is 38.6 Å². The second-order valence-electron chi connectivity index (χ2n) is 3.88. The molecule has 2 nitrogen and oxygen atoms in total. The van der Waals surface area contributed by atoms with Gasteiger partial charge in [-0.1, -0.05) is 13.8 Å². The van der Waals surface area contributed by atoms with Crippen LogP contribution in [0.1, 0.15) is 44.5 Å². The number of nitrogens with zero attached hydrogens (tertiary/aromatic N) is 1. The van der Waals surface area contributed by atoms with E-state index in [9.17, 15) is 0 Å². The zero-order valence-electron chi connectivity index (χ0n) is 9.83. The molecule has 1 rings (SSSR count). The van der Waals surface area contributed by atoms with E-state index in [1.54, 1.807) is 11.3 Å². The fourth-order valence-corrected chi connectivity index (χ4v) is 2.34. The first-order chi connectivity index (χ1) is 7.36. The number of aromatic nitrogens is 1. The van der Waals surface area contributed by atoms with Gasteiger partial charge >= 0.3 is 0 Å². The minimum atomic E-state index is 0.699. The third-order valence-electron chi connectivity index (χ3n) is 2.60.